The largest absolute Gasteiger partial charge is 0.339 e. The highest BCUT2D eigenvalue weighted by atomic mass is 32.2. The molecule has 0 aromatic heterocycles. The summed E-state index contributed by atoms with van der Waals surface area (Å²) in [7, 11) is -3.87. The number of carbonyl (C=O) groups excluding carboxylic acids is 1. The lowest BCUT2D eigenvalue weighted by atomic mass is 10.0. The zero-order valence-electron chi connectivity index (χ0n) is 15.1. The highest BCUT2D eigenvalue weighted by Gasteiger charge is 2.33. The Morgan fingerprint density at radius 2 is 1.81 bits per heavy atom. The number of nitrogens with two attached hydrogens (primary N) is 1. The lowest BCUT2D eigenvalue weighted by Crippen LogP contribution is -2.55. The van der Waals surface area contributed by atoms with Crippen LogP contribution in [-0.4, -0.2) is 60.7 Å². The van der Waals surface area contributed by atoms with Crippen molar-refractivity contribution < 1.29 is 18.1 Å². The van der Waals surface area contributed by atoms with Gasteiger partial charge in [0.1, 0.15) is 0 Å². The van der Waals surface area contributed by atoms with Gasteiger partial charge in [-0.2, -0.15) is 4.31 Å². The third-order valence-electron chi connectivity index (χ3n) is 4.55. The Kier molecular flexibility index (Phi) is 5.99. The van der Waals surface area contributed by atoms with E-state index in [-0.39, 0.29) is 48.6 Å². The van der Waals surface area contributed by atoms with Crippen LogP contribution in [0.3, 0.4) is 0 Å². The van der Waals surface area contributed by atoms with Crippen LogP contribution >= 0.6 is 0 Å². The highest BCUT2D eigenvalue weighted by molar-refractivity contribution is 7.89. The lowest BCUT2D eigenvalue weighted by molar-refractivity contribution is -0.385. The number of aryl methyl sites for hydroxylation is 1. The standard InChI is InChI=1S/C16H24N4O5S/c1-11(2)15(17)16(21)18-6-8-19(9-7-18)26(24,25)14-10-13(20(22)23)5-4-12(14)3/h4-5,10-11,15H,6-9,17H2,1-3H3/t15-/m0/s1. The maximum Gasteiger partial charge on any atom is 0.270 e. The van der Waals surface area contributed by atoms with Gasteiger partial charge < -0.3 is 10.6 Å². The number of nitro groups is 1. The molecule has 1 heterocycles. The molecule has 9 nitrogen and oxygen atoms in total. The van der Waals surface area contributed by atoms with E-state index in [2.05, 4.69) is 0 Å². The first-order chi connectivity index (χ1) is 12.1. The molecule has 0 spiro atoms. The van der Waals surface area contributed by atoms with Gasteiger partial charge in [-0.05, 0) is 18.4 Å². The van der Waals surface area contributed by atoms with Gasteiger partial charge in [0, 0.05) is 38.3 Å². The lowest BCUT2D eigenvalue weighted by Gasteiger charge is -2.35. The average molecular weight is 384 g/mol. The van der Waals surface area contributed by atoms with Crippen LogP contribution in [0.5, 0.6) is 0 Å². The van der Waals surface area contributed by atoms with Crippen LogP contribution in [0.2, 0.25) is 0 Å². The second-order valence-corrected chi connectivity index (χ2v) is 8.61. The van der Waals surface area contributed by atoms with Gasteiger partial charge in [-0.15, -0.1) is 0 Å². The molecule has 10 heteroatoms. The molecule has 2 rings (SSSR count). The fourth-order valence-corrected chi connectivity index (χ4v) is 4.43. The Morgan fingerprint density at radius 1 is 1.23 bits per heavy atom. The van der Waals surface area contributed by atoms with E-state index in [9.17, 15) is 23.3 Å². The molecule has 2 N–H and O–H groups in total. The van der Waals surface area contributed by atoms with Crippen LogP contribution in [0.4, 0.5) is 5.69 Å². The number of hydrogen-bond acceptors (Lipinski definition) is 6. The fraction of sp³-hybridized carbons (Fsp3) is 0.562. The number of nitro benzene ring substituents is 1. The second kappa shape index (κ2) is 7.68. The quantitative estimate of drug-likeness (QED) is 0.589. The van der Waals surface area contributed by atoms with Gasteiger partial charge in [-0.1, -0.05) is 19.9 Å². The summed E-state index contributed by atoms with van der Waals surface area (Å²) in [4.78, 5) is 24.1. The van der Waals surface area contributed by atoms with Gasteiger partial charge in [0.05, 0.1) is 15.9 Å². The van der Waals surface area contributed by atoms with Crippen molar-refractivity contribution in [2.24, 2.45) is 11.7 Å². The number of carbonyl (C=O) groups is 1. The Bertz CT molecular complexity index is 801. The average Bonchev–Trinajstić information content (AvgIpc) is 2.60. The van der Waals surface area contributed by atoms with E-state index >= 15 is 0 Å². The minimum Gasteiger partial charge on any atom is -0.339 e. The molecule has 0 aliphatic carbocycles. The second-order valence-electron chi connectivity index (χ2n) is 6.71. The third-order valence-corrected chi connectivity index (χ3v) is 6.59. The zero-order valence-corrected chi connectivity index (χ0v) is 15.9. The van der Waals surface area contributed by atoms with E-state index < -0.39 is 21.0 Å². The Labute approximate surface area is 153 Å². The van der Waals surface area contributed by atoms with Crippen LogP contribution in [0.1, 0.15) is 19.4 Å². The van der Waals surface area contributed by atoms with Gasteiger partial charge in [-0.25, -0.2) is 8.42 Å². The molecule has 0 saturated carbocycles. The van der Waals surface area contributed by atoms with Crippen molar-refractivity contribution in [2.45, 2.75) is 31.7 Å². The molecule has 1 fully saturated rings. The maximum atomic E-state index is 12.9. The summed E-state index contributed by atoms with van der Waals surface area (Å²) in [6.45, 7) is 6.04. The maximum absolute atomic E-state index is 12.9. The minimum atomic E-state index is -3.87. The number of benzene rings is 1. The summed E-state index contributed by atoms with van der Waals surface area (Å²) in [6.07, 6.45) is 0. The van der Waals surface area contributed by atoms with Crippen LogP contribution < -0.4 is 5.73 Å². The van der Waals surface area contributed by atoms with E-state index in [0.717, 1.165) is 6.07 Å². The number of nitrogens with zero attached hydrogens (tertiary/aromatic N) is 3. The van der Waals surface area contributed by atoms with Crippen LogP contribution in [0, 0.1) is 23.0 Å². The predicted octanol–water partition coefficient (Wildman–Crippen LogP) is 0.719. The molecule has 1 aliphatic rings. The molecule has 1 saturated heterocycles. The first kappa shape index (κ1) is 20.3. The number of sulfonamides is 1. The first-order valence-corrected chi connectivity index (χ1v) is 9.79. The topological polar surface area (TPSA) is 127 Å². The molecule has 0 unspecified atom stereocenters. The Hall–Kier alpha value is -2.04. The van der Waals surface area contributed by atoms with Crippen molar-refractivity contribution in [1.29, 1.82) is 0 Å². The van der Waals surface area contributed by atoms with Crippen LogP contribution in [-0.2, 0) is 14.8 Å². The SMILES string of the molecule is Cc1ccc([N+](=O)[O-])cc1S(=O)(=O)N1CCN(C(=O)[C@@H](N)C(C)C)CC1. The van der Waals surface area contributed by atoms with Gasteiger partial charge in [0.15, 0.2) is 0 Å². The van der Waals surface area contributed by atoms with Gasteiger partial charge in [0.2, 0.25) is 15.9 Å². The summed E-state index contributed by atoms with van der Waals surface area (Å²) >= 11 is 0. The van der Waals surface area contributed by atoms with Crippen molar-refractivity contribution in [1.82, 2.24) is 9.21 Å². The van der Waals surface area contributed by atoms with Crippen LogP contribution in [0.15, 0.2) is 23.1 Å². The molecule has 1 aromatic carbocycles. The van der Waals surface area contributed by atoms with E-state index in [1.54, 1.807) is 11.8 Å². The van der Waals surface area contributed by atoms with E-state index in [4.69, 9.17) is 5.73 Å². The van der Waals surface area contributed by atoms with E-state index in [0.29, 0.717) is 5.56 Å². The molecule has 26 heavy (non-hydrogen) atoms. The molecular formula is C16H24N4O5S. The fourth-order valence-electron chi connectivity index (χ4n) is 2.76. The predicted molar refractivity (Wildman–Crippen MR) is 96.0 cm³/mol. The molecular weight excluding hydrogens is 360 g/mol. The van der Waals surface area contributed by atoms with Crippen molar-refractivity contribution in [3.63, 3.8) is 0 Å². The normalized spacial score (nSPS) is 17.3. The molecule has 0 bridgehead atoms. The third kappa shape index (κ3) is 4.02. The number of non-ortho nitro benzene ring substituents is 1. The summed E-state index contributed by atoms with van der Waals surface area (Å²) in [5.74, 6) is -0.194. The molecule has 0 radical (unpaired) electrons. The van der Waals surface area contributed by atoms with Gasteiger partial charge >= 0.3 is 0 Å². The van der Waals surface area contributed by atoms with Gasteiger partial charge in [0.25, 0.3) is 5.69 Å². The monoisotopic (exact) mass is 384 g/mol. The zero-order chi connectivity index (χ0) is 19.6. The molecule has 1 aliphatic heterocycles. The summed E-state index contributed by atoms with van der Waals surface area (Å²) in [6, 6.07) is 3.17. The van der Waals surface area contributed by atoms with Crippen molar-refractivity contribution in [2.75, 3.05) is 26.2 Å². The number of amides is 1. The van der Waals surface area contributed by atoms with Crippen molar-refractivity contribution >= 4 is 21.6 Å². The molecule has 1 amide bonds. The first-order valence-electron chi connectivity index (χ1n) is 8.35. The highest BCUT2D eigenvalue weighted by Crippen LogP contribution is 2.25. The van der Waals surface area contributed by atoms with E-state index in [1.165, 1.54) is 16.4 Å². The van der Waals surface area contributed by atoms with Crippen LogP contribution in [0.25, 0.3) is 0 Å². The number of hydrogen-bond donors (Lipinski definition) is 1. The molecule has 1 atom stereocenters. The van der Waals surface area contributed by atoms with Crippen molar-refractivity contribution in [3.8, 4) is 0 Å². The summed E-state index contributed by atoms with van der Waals surface area (Å²) in [5, 5.41) is 10.9. The number of rotatable bonds is 5. The Morgan fingerprint density at radius 3 is 2.31 bits per heavy atom. The summed E-state index contributed by atoms with van der Waals surface area (Å²) in [5.41, 5.74) is 6.05. The summed E-state index contributed by atoms with van der Waals surface area (Å²) < 4.78 is 27.0. The van der Waals surface area contributed by atoms with Gasteiger partial charge in [-0.3, -0.25) is 14.9 Å². The van der Waals surface area contributed by atoms with E-state index in [1.807, 2.05) is 13.8 Å². The Balaban J connectivity index is 2.17. The molecule has 1 aromatic rings. The van der Waals surface area contributed by atoms with Crippen molar-refractivity contribution in [3.05, 3.63) is 33.9 Å². The molecule has 144 valence electrons. The smallest absolute Gasteiger partial charge is 0.270 e. The minimum absolute atomic E-state index is 0.00298. The number of piperazine rings is 1.